The number of imidazole rings is 1. The maximum absolute atomic E-state index is 11.7. The van der Waals surface area contributed by atoms with Gasteiger partial charge in [-0.1, -0.05) is 17.9 Å². The molecular formula is C24H22N4O2S. The van der Waals surface area contributed by atoms with Crippen molar-refractivity contribution in [2.75, 3.05) is 12.4 Å². The lowest BCUT2D eigenvalue weighted by Crippen LogP contribution is -2.27. The lowest BCUT2D eigenvalue weighted by molar-refractivity contribution is 0.0600. The summed E-state index contributed by atoms with van der Waals surface area (Å²) < 4.78 is 6.78. The maximum Gasteiger partial charge on any atom is 0.337 e. The molecule has 6 nitrogen and oxygen atoms in total. The minimum Gasteiger partial charge on any atom is -0.465 e. The highest BCUT2D eigenvalue weighted by molar-refractivity contribution is 7.16. The Hall–Kier alpha value is -3.63. The molecule has 1 N–H and O–H groups in total. The Kier molecular flexibility index (Phi) is 5.49. The van der Waals surface area contributed by atoms with Crippen LogP contribution in [0.5, 0.6) is 0 Å². The van der Waals surface area contributed by atoms with E-state index in [0.717, 1.165) is 32.5 Å². The number of esters is 1. The molecule has 0 saturated carbocycles. The molecule has 0 atom stereocenters. The molecule has 0 amide bonds. The standard InChI is InChI=1S/C24H22N4O2S/c1-24(2,3)27-22-21(26-20-15-25-12-13-28(20)22)19-11-10-18(31-19)9-8-16-6-5-7-17(14-16)23(29)30-4/h5-7,10-15,27H,1-4H3. The van der Waals surface area contributed by atoms with Gasteiger partial charge < -0.3 is 10.1 Å². The van der Waals surface area contributed by atoms with Gasteiger partial charge in [0.2, 0.25) is 0 Å². The van der Waals surface area contributed by atoms with E-state index in [1.807, 2.05) is 28.8 Å². The van der Waals surface area contributed by atoms with E-state index in [-0.39, 0.29) is 11.5 Å². The SMILES string of the molecule is COC(=O)c1cccc(C#Cc2ccc(-c3nc4cnccn4c3NC(C)(C)C)s2)c1. The maximum atomic E-state index is 11.7. The van der Waals surface area contributed by atoms with Crippen LogP contribution in [0.25, 0.3) is 16.2 Å². The molecule has 31 heavy (non-hydrogen) atoms. The minimum absolute atomic E-state index is 0.126. The van der Waals surface area contributed by atoms with E-state index in [2.05, 4.69) is 42.9 Å². The van der Waals surface area contributed by atoms with Crippen LogP contribution in [0.4, 0.5) is 5.82 Å². The van der Waals surface area contributed by atoms with Gasteiger partial charge in [-0.25, -0.2) is 9.78 Å². The molecule has 3 aromatic heterocycles. The molecule has 3 heterocycles. The first-order valence-corrected chi connectivity index (χ1v) is 10.6. The second-order valence-corrected chi connectivity index (χ2v) is 9.06. The molecule has 0 radical (unpaired) electrons. The molecule has 1 aromatic carbocycles. The molecule has 0 saturated heterocycles. The third-order valence-electron chi connectivity index (χ3n) is 4.38. The highest BCUT2D eigenvalue weighted by Crippen LogP contribution is 2.34. The van der Waals surface area contributed by atoms with Crippen molar-refractivity contribution in [3.63, 3.8) is 0 Å². The first-order chi connectivity index (χ1) is 14.8. The quantitative estimate of drug-likeness (QED) is 0.372. The Morgan fingerprint density at radius 2 is 2.03 bits per heavy atom. The summed E-state index contributed by atoms with van der Waals surface area (Å²) in [6, 6.07) is 11.1. The van der Waals surface area contributed by atoms with Crippen molar-refractivity contribution in [1.82, 2.24) is 14.4 Å². The van der Waals surface area contributed by atoms with Crippen LogP contribution in [-0.4, -0.2) is 33.0 Å². The fraction of sp³-hybridized carbons (Fsp3) is 0.208. The van der Waals surface area contributed by atoms with Crippen LogP contribution in [0.1, 0.15) is 41.6 Å². The van der Waals surface area contributed by atoms with Gasteiger partial charge in [-0.3, -0.25) is 9.38 Å². The van der Waals surface area contributed by atoms with Gasteiger partial charge in [-0.2, -0.15) is 0 Å². The summed E-state index contributed by atoms with van der Waals surface area (Å²) in [5.74, 6) is 6.87. The minimum atomic E-state index is -0.373. The van der Waals surface area contributed by atoms with E-state index < -0.39 is 0 Å². The van der Waals surface area contributed by atoms with Crippen molar-refractivity contribution in [1.29, 1.82) is 0 Å². The lowest BCUT2D eigenvalue weighted by atomic mass is 10.1. The van der Waals surface area contributed by atoms with Crippen LogP contribution >= 0.6 is 11.3 Å². The number of nitrogens with zero attached hydrogens (tertiary/aromatic N) is 3. The Morgan fingerprint density at radius 3 is 2.81 bits per heavy atom. The fourth-order valence-corrected chi connectivity index (χ4v) is 3.91. The van der Waals surface area contributed by atoms with Crippen molar-refractivity contribution in [2.45, 2.75) is 26.3 Å². The number of thiophene rings is 1. The van der Waals surface area contributed by atoms with Gasteiger partial charge in [0.1, 0.15) is 11.5 Å². The number of rotatable bonds is 3. The predicted octanol–water partition coefficient (Wildman–Crippen LogP) is 4.85. The molecule has 0 aliphatic carbocycles. The molecule has 0 aliphatic rings. The summed E-state index contributed by atoms with van der Waals surface area (Å²) in [4.78, 5) is 22.6. The summed E-state index contributed by atoms with van der Waals surface area (Å²) >= 11 is 1.57. The van der Waals surface area contributed by atoms with Gasteiger partial charge in [0.05, 0.1) is 28.6 Å². The molecule has 4 aromatic rings. The third kappa shape index (κ3) is 4.60. The third-order valence-corrected chi connectivity index (χ3v) is 5.38. The van der Waals surface area contributed by atoms with E-state index in [4.69, 9.17) is 9.72 Å². The monoisotopic (exact) mass is 430 g/mol. The van der Waals surface area contributed by atoms with Crippen molar-refractivity contribution in [2.24, 2.45) is 0 Å². The molecule has 0 aliphatic heterocycles. The highest BCUT2D eigenvalue weighted by Gasteiger charge is 2.20. The number of fused-ring (bicyclic) bond motifs is 1. The van der Waals surface area contributed by atoms with Gasteiger partial charge in [-0.15, -0.1) is 11.3 Å². The van der Waals surface area contributed by atoms with Crippen LogP contribution in [0.15, 0.2) is 55.0 Å². The molecule has 4 rings (SSSR count). The number of hydrogen-bond acceptors (Lipinski definition) is 6. The Labute approximate surface area is 184 Å². The molecular weight excluding hydrogens is 408 g/mol. The summed E-state index contributed by atoms with van der Waals surface area (Å²) in [6.45, 7) is 6.35. The number of carbonyl (C=O) groups is 1. The largest absolute Gasteiger partial charge is 0.465 e. The number of carbonyl (C=O) groups excluding carboxylic acids is 1. The first-order valence-electron chi connectivity index (χ1n) is 9.75. The van der Waals surface area contributed by atoms with E-state index >= 15 is 0 Å². The number of anilines is 1. The van der Waals surface area contributed by atoms with Gasteiger partial charge in [-0.05, 0) is 51.1 Å². The van der Waals surface area contributed by atoms with Crippen molar-refractivity contribution < 1.29 is 9.53 Å². The van der Waals surface area contributed by atoms with Crippen LogP contribution in [-0.2, 0) is 4.74 Å². The van der Waals surface area contributed by atoms with Crippen LogP contribution in [0, 0.1) is 11.8 Å². The van der Waals surface area contributed by atoms with Crippen LogP contribution in [0.3, 0.4) is 0 Å². The van der Waals surface area contributed by atoms with E-state index in [0.29, 0.717) is 5.56 Å². The normalized spacial score (nSPS) is 11.1. The van der Waals surface area contributed by atoms with Crippen LogP contribution in [0.2, 0.25) is 0 Å². The number of benzene rings is 1. The lowest BCUT2D eigenvalue weighted by Gasteiger charge is -2.22. The number of nitrogens with one attached hydrogen (secondary N) is 1. The zero-order valence-electron chi connectivity index (χ0n) is 17.8. The predicted molar refractivity (Wildman–Crippen MR) is 123 cm³/mol. The molecule has 156 valence electrons. The number of hydrogen-bond donors (Lipinski definition) is 1. The van der Waals surface area contributed by atoms with Crippen molar-refractivity contribution >= 4 is 28.8 Å². The fourth-order valence-electron chi connectivity index (χ4n) is 3.06. The summed E-state index contributed by atoms with van der Waals surface area (Å²) in [7, 11) is 1.37. The Bertz CT molecular complexity index is 1320. The van der Waals surface area contributed by atoms with E-state index in [9.17, 15) is 4.79 Å². The van der Waals surface area contributed by atoms with Gasteiger partial charge in [0, 0.05) is 23.5 Å². The number of methoxy groups -OCH3 is 1. The first kappa shape index (κ1) is 20.6. The molecule has 0 bridgehead atoms. The Morgan fingerprint density at radius 1 is 1.19 bits per heavy atom. The molecule has 0 unspecified atom stereocenters. The average Bonchev–Trinajstić information content (AvgIpc) is 3.36. The van der Waals surface area contributed by atoms with Crippen LogP contribution < -0.4 is 5.32 Å². The van der Waals surface area contributed by atoms with E-state index in [1.54, 1.807) is 41.9 Å². The molecule has 0 fully saturated rings. The number of aromatic nitrogens is 3. The van der Waals surface area contributed by atoms with E-state index in [1.165, 1.54) is 7.11 Å². The van der Waals surface area contributed by atoms with Crippen molar-refractivity contribution in [3.8, 4) is 22.4 Å². The second kappa shape index (κ2) is 8.25. The smallest absolute Gasteiger partial charge is 0.337 e. The molecule has 7 heteroatoms. The second-order valence-electron chi connectivity index (χ2n) is 7.97. The van der Waals surface area contributed by atoms with Crippen molar-refractivity contribution in [3.05, 3.63) is 71.0 Å². The van der Waals surface area contributed by atoms with Gasteiger partial charge in [0.15, 0.2) is 5.65 Å². The van der Waals surface area contributed by atoms with Gasteiger partial charge >= 0.3 is 5.97 Å². The summed E-state index contributed by atoms with van der Waals surface area (Å²) in [5, 5.41) is 3.56. The topological polar surface area (TPSA) is 68.5 Å². The summed E-state index contributed by atoms with van der Waals surface area (Å²) in [5.41, 5.74) is 2.76. The molecule has 0 spiro atoms. The highest BCUT2D eigenvalue weighted by atomic mass is 32.1. The van der Waals surface area contributed by atoms with Gasteiger partial charge in [0.25, 0.3) is 0 Å². The zero-order chi connectivity index (χ0) is 22.0. The summed E-state index contributed by atoms with van der Waals surface area (Å²) in [6.07, 6.45) is 5.41. The Balaban J connectivity index is 1.68. The number of ether oxygens (including phenoxy) is 1. The average molecular weight is 431 g/mol. The zero-order valence-corrected chi connectivity index (χ0v) is 18.6.